The molecule has 0 radical (unpaired) electrons. The summed E-state index contributed by atoms with van der Waals surface area (Å²) in [7, 11) is 0. The lowest BCUT2D eigenvalue weighted by Crippen LogP contribution is -2.36. The molecule has 0 amide bonds. The summed E-state index contributed by atoms with van der Waals surface area (Å²) in [5.41, 5.74) is 3.00. The average molecular weight is 348 g/mol. The molecule has 0 bridgehead atoms. The molecule has 26 heavy (non-hydrogen) atoms. The zero-order valence-electron chi connectivity index (χ0n) is 14.4. The first kappa shape index (κ1) is 16.5. The maximum absolute atomic E-state index is 12.1. The van der Waals surface area contributed by atoms with Crippen molar-refractivity contribution in [2.24, 2.45) is 0 Å². The minimum absolute atomic E-state index is 0.415. The van der Waals surface area contributed by atoms with Crippen molar-refractivity contribution in [2.45, 2.75) is 6.54 Å². The molecule has 0 unspecified atom stereocenters. The summed E-state index contributed by atoms with van der Waals surface area (Å²) < 4.78 is 5.37. The van der Waals surface area contributed by atoms with Gasteiger partial charge in [0, 0.05) is 25.3 Å². The third-order valence-corrected chi connectivity index (χ3v) is 4.75. The van der Waals surface area contributed by atoms with Crippen molar-refractivity contribution in [3.63, 3.8) is 0 Å². The smallest absolute Gasteiger partial charge is 0.250 e. The summed E-state index contributed by atoms with van der Waals surface area (Å²) >= 11 is 0. The van der Waals surface area contributed by atoms with Gasteiger partial charge in [0.05, 0.1) is 24.5 Å². The number of nitrogens with one attached hydrogen (secondary N) is 1. The van der Waals surface area contributed by atoms with E-state index in [4.69, 9.17) is 4.74 Å². The highest BCUT2D eigenvalue weighted by Gasteiger charge is 2.22. The van der Waals surface area contributed by atoms with Crippen LogP contribution in [0.5, 0.6) is 0 Å². The van der Waals surface area contributed by atoms with Gasteiger partial charge in [-0.05, 0) is 23.3 Å². The van der Waals surface area contributed by atoms with Gasteiger partial charge < -0.3 is 15.0 Å². The van der Waals surface area contributed by atoms with Crippen LogP contribution in [0.15, 0.2) is 64.2 Å². The van der Waals surface area contributed by atoms with Crippen molar-refractivity contribution < 1.29 is 4.74 Å². The van der Waals surface area contributed by atoms with Gasteiger partial charge in [-0.25, -0.2) is 0 Å². The van der Waals surface area contributed by atoms with E-state index in [0.717, 1.165) is 43.1 Å². The van der Waals surface area contributed by atoms with Crippen molar-refractivity contribution in [1.29, 1.82) is 0 Å². The van der Waals surface area contributed by atoms with Gasteiger partial charge in [-0.2, -0.15) is 0 Å². The summed E-state index contributed by atoms with van der Waals surface area (Å²) in [6.07, 6.45) is 0. The molecule has 0 atom stereocenters. The van der Waals surface area contributed by atoms with Gasteiger partial charge in [-0.3, -0.25) is 9.59 Å². The number of hydrogen-bond donors (Lipinski definition) is 1. The maximum Gasteiger partial charge on any atom is 0.250 e. The minimum atomic E-state index is -0.437. The van der Waals surface area contributed by atoms with Gasteiger partial charge in [0.2, 0.25) is 10.9 Å². The second-order valence-corrected chi connectivity index (χ2v) is 6.39. The summed E-state index contributed by atoms with van der Waals surface area (Å²) in [6, 6.07) is 17.6. The Bertz CT molecular complexity index is 951. The molecule has 1 fully saturated rings. The predicted molar refractivity (Wildman–Crippen MR) is 104 cm³/mol. The summed E-state index contributed by atoms with van der Waals surface area (Å²) in [5.74, 6) is 0. The molecule has 3 aromatic rings. The largest absolute Gasteiger partial charge is 0.378 e. The molecule has 1 aliphatic heterocycles. The van der Waals surface area contributed by atoms with Crippen LogP contribution >= 0.6 is 0 Å². The van der Waals surface area contributed by atoms with E-state index in [1.54, 1.807) is 0 Å². The normalized spacial score (nSPS) is 14.5. The molecule has 0 aromatic heterocycles. The van der Waals surface area contributed by atoms with E-state index in [2.05, 4.69) is 10.2 Å². The molecule has 1 saturated heterocycles. The number of anilines is 2. The van der Waals surface area contributed by atoms with Crippen LogP contribution in [0.25, 0.3) is 11.1 Å². The molecule has 1 heterocycles. The first-order valence-corrected chi connectivity index (χ1v) is 8.78. The molecule has 1 N–H and O–H groups in total. The van der Waals surface area contributed by atoms with E-state index >= 15 is 0 Å². The Kier molecular flexibility index (Phi) is 4.54. The quantitative estimate of drug-likeness (QED) is 0.718. The molecule has 5 nitrogen and oxygen atoms in total. The Labute approximate surface area is 151 Å². The Hall–Kier alpha value is -2.92. The molecule has 4 rings (SSSR count). The predicted octanol–water partition coefficient (Wildman–Crippen LogP) is 2.40. The maximum atomic E-state index is 12.1. The lowest BCUT2D eigenvalue weighted by atomic mass is 9.98. The van der Waals surface area contributed by atoms with Crippen LogP contribution in [0.4, 0.5) is 11.4 Å². The van der Waals surface area contributed by atoms with Crippen molar-refractivity contribution >= 4 is 11.4 Å². The van der Waals surface area contributed by atoms with Crippen LogP contribution in [-0.2, 0) is 11.3 Å². The van der Waals surface area contributed by atoms with Crippen LogP contribution in [-0.4, -0.2) is 26.3 Å². The van der Waals surface area contributed by atoms with Gasteiger partial charge in [-0.1, -0.05) is 42.5 Å². The summed E-state index contributed by atoms with van der Waals surface area (Å²) in [4.78, 5) is 26.3. The van der Waals surface area contributed by atoms with Crippen LogP contribution in [0.3, 0.4) is 0 Å². The van der Waals surface area contributed by atoms with E-state index in [1.165, 1.54) is 0 Å². The fourth-order valence-electron chi connectivity index (χ4n) is 3.28. The van der Waals surface area contributed by atoms with Gasteiger partial charge in [0.15, 0.2) is 0 Å². The van der Waals surface area contributed by atoms with Crippen molar-refractivity contribution in [3.8, 4) is 11.1 Å². The van der Waals surface area contributed by atoms with E-state index in [-0.39, 0.29) is 0 Å². The highest BCUT2D eigenvalue weighted by Crippen LogP contribution is 2.27. The molecule has 3 aromatic carbocycles. The number of rotatable bonds is 5. The zero-order valence-corrected chi connectivity index (χ0v) is 14.4. The van der Waals surface area contributed by atoms with Crippen molar-refractivity contribution in [2.75, 3.05) is 36.5 Å². The average Bonchev–Trinajstić information content (AvgIpc) is 2.72. The molecule has 0 spiro atoms. The fraction of sp³-hybridized carbons (Fsp3) is 0.238. The van der Waals surface area contributed by atoms with E-state index < -0.39 is 10.9 Å². The van der Waals surface area contributed by atoms with Gasteiger partial charge >= 0.3 is 0 Å². The van der Waals surface area contributed by atoms with Crippen LogP contribution in [0, 0.1) is 0 Å². The Morgan fingerprint density at radius 2 is 1.58 bits per heavy atom. The molecule has 0 aliphatic carbocycles. The summed E-state index contributed by atoms with van der Waals surface area (Å²) in [5, 5.41) is 3.12. The number of benzene rings is 2. The monoisotopic (exact) mass is 348 g/mol. The van der Waals surface area contributed by atoms with Gasteiger partial charge in [-0.15, -0.1) is 0 Å². The molecule has 5 heteroatoms. The highest BCUT2D eigenvalue weighted by atomic mass is 16.5. The lowest BCUT2D eigenvalue weighted by molar-refractivity contribution is 0.122. The third kappa shape index (κ3) is 3.13. The Morgan fingerprint density at radius 3 is 2.27 bits per heavy atom. The molecule has 0 saturated carbocycles. The number of nitrogens with zero attached hydrogens (tertiary/aromatic N) is 1. The molecular formula is C21H20N2O3. The molecule has 132 valence electrons. The van der Waals surface area contributed by atoms with E-state index in [0.29, 0.717) is 17.8 Å². The lowest BCUT2D eigenvalue weighted by Gasteiger charge is -2.29. The number of ether oxygens (including phenoxy) is 1. The van der Waals surface area contributed by atoms with Crippen molar-refractivity contribution in [3.05, 3.63) is 80.6 Å². The Morgan fingerprint density at radius 1 is 0.885 bits per heavy atom. The van der Waals surface area contributed by atoms with E-state index in [1.807, 2.05) is 54.6 Å². The minimum Gasteiger partial charge on any atom is -0.378 e. The highest BCUT2D eigenvalue weighted by molar-refractivity contribution is 5.82. The second-order valence-electron chi connectivity index (χ2n) is 6.39. The SMILES string of the molecule is O=c1c(NCc2ccccc2)c(-c2ccc(N3CCOCC3)cc2)c1=O. The first-order valence-electron chi connectivity index (χ1n) is 8.78. The number of hydrogen-bond acceptors (Lipinski definition) is 5. The van der Waals surface area contributed by atoms with E-state index in [9.17, 15) is 9.59 Å². The van der Waals surface area contributed by atoms with Gasteiger partial charge in [0.25, 0.3) is 0 Å². The summed E-state index contributed by atoms with van der Waals surface area (Å²) in [6.45, 7) is 3.71. The van der Waals surface area contributed by atoms with Crippen LogP contribution in [0.1, 0.15) is 5.56 Å². The molecule has 1 aliphatic rings. The standard InChI is InChI=1S/C21H20N2O3/c24-20-18(19(21(20)25)22-14-15-4-2-1-3-5-15)16-6-8-17(9-7-16)23-10-12-26-13-11-23/h1-9,22H,10-14H2. The zero-order chi connectivity index (χ0) is 17.9. The van der Waals surface area contributed by atoms with Gasteiger partial charge in [0.1, 0.15) is 0 Å². The topological polar surface area (TPSA) is 58.6 Å². The Balaban J connectivity index is 1.53. The van der Waals surface area contributed by atoms with Crippen molar-refractivity contribution in [1.82, 2.24) is 0 Å². The van der Waals surface area contributed by atoms with Crippen LogP contribution < -0.4 is 21.1 Å². The molecular weight excluding hydrogens is 328 g/mol. The number of morpholine rings is 1. The first-order chi connectivity index (χ1) is 12.7. The second kappa shape index (κ2) is 7.14. The van der Waals surface area contributed by atoms with Crippen LogP contribution in [0.2, 0.25) is 0 Å². The third-order valence-electron chi connectivity index (χ3n) is 4.75. The fourth-order valence-corrected chi connectivity index (χ4v) is 3.28.